The van der Waals surface area contributed by atoms with E-state index in [9.17, 15) is 13.2 Å². The molecular weight excluding hydrogens is 324 g/mol. The van der Waals surface area contributed by atoms with Crippen molar-refractivity contribution in [1.29, 1.82) is 0 Å². The molecular formula is C18H22N2O3S. The summed E-state index contributed by atoms with van der Waals surface area (Å²) in [6.07, 6.45) is 0.865. The second-order valence-corrected chi connectivity index (χ2v) is 7.58. The Labute approximate surface area is 143 Å². The van der Waals surface area contributed by atoms with Crippen molar-refractivity contribution >= 4 is 21.6 Å². The Balaban J connectivity index is 2.18. The summed E-state index contributed by atoms with van der Waals surface area (Å²) in [5.74, 6) is 0.194. The number of carbonyl (C=O) groups is 1. The smallest absolute Gasteiger partial charge is 0.261 e. The van der Waals surface area contributed by atoms with E-state index in [2.05, 4.69) is 23.9 Å². The number of para-hydroxylation sites is 1. The van der Waals surface area contributed by atoms with Crippen molar-refractivity contribution in [2.24, 2.45) is 5.92 Å². The first-order chi connectivity index (χ1) is 11.4. The Morgan fingerprint density at radius 1 is 1.00 bits per heavy atom. The van der Waals surface area contributed by atoms with Crippen LogP contribution < -0.4 is 10.0 Å². The number of benzene rings is 2. The van der Waals surface area contributed by atoms with E-state index in [4.69, 9.17) is 0 Å². The molecule has 1 amide bonds. The molecule has 0 unspecified atom stereocenters. The lowest BCUT2D eigenvalue weighted by Gasteiger charge is -2.13. The standard InChI is InChI=1S/C18H22N2O3S/c1-14(2)12-13-19-18(21)16-10-6-7-11-17(16)20-24(22,23)15-8-4-3-5-9-15/h3-11,14,20H,12-13H2,1-2H3,(H,19,21). The zero-order valence-electron chi connectivity index (χ0n) is 13.8. The maximum Gasteiger partial charge on any atom is 0.261 e. The van der Waals surface area contributed by atoms with Gasteiger partial charge >= 0.3 is 0 Å². The van der Waals surface area contributed by atoms with Crippen molar-refractivity contribution in [2.45, 2.75) is 25.2 Å². The van der Waals surface area contributed by atoms with Gasteiger partial charge in [-0.15, -0.1) is 0 Å². The van der Waals surface area contributed by atoms with Crippen LogP contribution >= 0.6 is 0 Å². The fraction of sp³-hybridized carbons (Fsp3) is 0.278. The molecule has 0 heterocycles. The lowest BCUT2D eigenvalue weighted by Crippen LogP contribution is -2.26. The number of hydrogen-bond acceptors (Lipinski definition) is 3. The molecule has 2 rings (SSSR count). The second kappa shape index (κ2) is 7.97. The third-order valence-corrected chi connectivity index (χ3v) is 4.86. The average molecular weight is 346 g/mol. The van der Waals surface area contributed by atoms with Crippen molar-refractivity contribution in [1.82, 2.24) is 5.32 Å². The van der Waals surface area contributed by atoms with Crippen LogP contribution in [0, 0.1) is 5.92 Å². The molecule has 6 heteroatoms. The number of nitrogens with one attached hydrogen (secondary N) is 2. The topological polar surface area (TPSA) is 75.3 Å². The summed E-state index contributed by atoms with van der Waals surface area (Å²) in [5.41, 5.74) is 0.573. The van der Waals surface area contributed by atoms with E-state index in [1.165, 1.54) is 12.1 Å². The number of rotatable bonds is 7. The number of sulfonamides is 1. The Bertz CT molecular complexity index is 787. The molecule has 0 radical (unpaired) electrons. The molecule has 2 aromatic carbocycles. The van der Waals surface area contributed by atoms with Crippen molar-refractivity contribution in [3.05, 3.63) is 60.2 Å². The van der Waals surface area contributed by atoms with Crippen LogP contribution in [0.1, 0.15) is 30.6 Å². The monoisotopic (exact) mass is 346 g/mol. The van der Waals surface area contributed by atoms with Gasteiger partial charge in [0.15, 0.2) is 0 Å². The number of hydrogen-bond donors (Lipinski definition) is 2. The highest BCUT2D eigenvalue weighted by molar-refractivity contribution is 7.92. The lowest BCUT2D eigenvalue weighted by atomic mass is 10.1. The van der Waals surface area contributed by atoms with Crippen LogP contribution in [0.2, 0.25) is 0 Å². The fourth-order valence-corrected chi connectivity index (χ4v) is 3.24. The summed E-state index contributed by atoms with van der Waals surface area (Å²) in [7, 11) is -3.73. The second-order valence-electron chi connectivity index (χ2n) is 5.90. The molecule has 0 aliphatic carbocycles. The van der Waals surface area contributed by atoms with Crippen LogP contribution in [0.4, 0.5) is 5.69 Å². The van der Waals surface area contributed by atoms with Crippen LogP contribution in [0.25, 0.3) is 0 Å². The first-order valence-corrected chi connectivity index (χ1v) is 9.33. The Hall–Kier alpha value is -2.34. The molecule has 5 nitrogen and oxygen atoms in total. The summed E-state index contributed by atoms with van der Waals surface area (Å²) >= 11 is 0. The van der Waals surface area contributed by atoms with Gasteiger partial charge in [0.1, 0.15) is 0 Å². The molecule has 0 atom stereocenters. The summed E-state index contributed by atoms with van der Waals surface area (Å²) in [6, 6.07) is 14.6. The van der Waals surface area contributed by atoms with E-state index in [0.717, 1.165) is 6.42 Å². The zero-order chi connectivity index (χ0) is 17.6. The van der Waals surface area contributed by atoms with Gasteiger partial charge in [-0.05, 0) is 36.6 Å². The van der Waals surface area contributed by atoms with Gasteiger partial charge in [0, 0.05) is 6.54 Å². The molecule has 24 heavy (non-hydrogen) atoms. The molecule has 2 aromatic rings. The van der Waals surface area contributed by atoms with E-state index in [1.807, 2.05) is 0 Å². The van der Waals surface area contributed by atoms with E-state index in [-0.39, 0.29) is 16.5 Å². The Morgan fingerprint density at radius 3 is 2.29 bits per heavy atom. The van der Waals surface area contributed by atoms with Gasteiger partial charge in [-0.1, -0.05) is 44.2 Å². The third-order valence-electron chi connectivity index (χ3n) is 3.48. The van der Waals surface area contributed by atoms with Gasteiger partial charge in [0.2, 0.25) is 0 Å². The van der Waals surface area contributed by atoms with Gasteiger partial charge in [-0.25, -0.2) is 8.42 Å². The largest absolute Gasteiger partial charge is 0.352 e. The number of carbonyl (C=O) groups excluding carboxylic acids is 1. The van der Waals surface area contributed by atoms with Crippen molar-refractivity contribution in [2.75, 3.05) is 11.3 Å². The maximum absolute atomic E-state index is 12.4. The molecule has 0 aromatic heterocycles. The summed E-state index contributed by atoms with van der Waals surface area (Å²) in [5, 5.41) is 2.82. The van der Waals surface area contributed by atoms with Crippen molar-refractivity contribution in [3.63, 3.8) is 0 Å². The van der Waals surface area contributed by atoms with E-state index in [0.29, 0.717) is 18.0 Å². The lowest BCUT2D eigenvalue weighted by molar-refractivity contribution is 0.0953. The minimum atomic E-state index is -3.73. The maximum atomic E-state index is 12.4. The highest BCUT2D eigenvalue weighted by Crippen LogP contribution is 2.20. The highest BCUT2D eigenvalue weighted by Gasteiger charge is 2.18. The van der Waals surface area contributed by atoms with Gasteiger partial charge in [0.05, 0.1) is 16.1 Å². The molecule has 128 valence electrons. The first-order valence-electron chi connectivity index (χ1n) is 7.85. The first kappa shape index (κ1) is 18.0. The van der Waals surface area contributed by atoms with Gasteiger partial charge in [-0.3, -0.25) is 9.52 Å². The molecule has 2 N–H and O–H groups in total. The van der Waals surface area contributed by atoms with Gasteiger partial charge in [-0.2, -0.15) is 0 Å². The molecule has 0 aliphatic heterocycles. The van der Waals surface area contributed by atoms with E-state index < -0.39 is 10.0 Å². The average Bonchev–Trinajstić information content (AvgIpc) is 2.55. The number of anilines is 1. The van der Waals surface area contributed by atoms with E-state index in [1.54, 1.807) is 42.5 Å². The van der Waals surface area contributed by atoms with Crippen LogP contribution in [0.3, 0.4) is 0 Å². The Morgan fingerprint density at radius 2 is 1.62 bits per heavy atom. The zero-order valence-corrected chi connectivity index (χ0v) is 14.6. The van der Waals surface area contributed by atoms with Gasteiger partial charge in [0.25, 0.3) is 15.9 Å². The third kappa shape index (κ3) is 4.83. The fourth-order valence-electron chi connectivity index (χ4n) is 2.14. The van der Waals surface area contributed by atoms with Crippen LogP contribution in [0.15, 0.2) is 59.5 Å². The Kier molecular flexibility index (Phi) is 5.98. The minimum Gasteiger partial charge on any atom is -0.352 e. The summed E-state index contributed by atoms with van der Waals surface area (Å²) in [6.45, 7) is 4.71. The van der Waals surface area contributed by atoms with Crippen LogP contribution in [-0.4, -0.2) is 20.9 Å². The van der Waals surface area contributed by atoms with Crippen LogP contribution in [0.5, 0.6) is 0 Å². The highest BCUT2D eigenvalue weighted by atomic mass is 32.2. The quantitative estimate of drug-likeness (QED) is 0.808. The van der Waals surface area contributed by atoms with Crippen LogP contribution in [-0.2, 0) is 10.0 Å². The molecule has 0 saturated carbocycles. The van der Waals surface area contributed by atoms with E-state index >= 15 is 0 Å². The van der Waals surface area contributed by atoms with Crippen molar-refractivity contribution < 1.29 is 13.2 Å². The molecule has 0 saturated heterocycles. The minimum absolute atomic E-state index is 0.153. The SMILES string of the molecule is CC(C)CCNC(=O)c1ccccc1NS(=O)(=O)c1ccccc1. The molecule has 0 aliphatic rings. The molecule has 0 spiro atoms. The molecule has 0 fully saturated rings. The number of amides is 1. The molecule has 0 bridgehead atoms. The predicted molar refractivity (Wildman–Crippen MR) is 95.5 cm³/mol. The summed E-state index contributed by atoms with van der Waals surface area (Å²) < 4.78 is 27.4. The van der Waals surface area contributed by atoms with Gasteiger partial charge < -0.3 is 5.32 Å². The summed E-state index contributed by atoms with van der Waals surface area (Å²) in [4.78, 5) is 12.5. The predicted octanol–water partition coefficient (Wildman–Crippen LogP) is 3.26. The normalized spacial score (nSPS) is 11.3. The van der Waals surface area contributed by atoms with Crippen molar-refractivity contribution in [3.8, 4) is 0 Å².